The molecule has 1 aromatic rings. The molecule has 0 aromatic heterocycles. The highest BCUT2D eigenvalue weighted by atomic mass is 28.4. The second-order valence-corrected chi connectivity index (χ2v) is 11.1. The molecule has 1 unspecified atom stereocenters. The van der Waals surface area contributed by atoms with Gasteiger partial charge in [-0.3, -0.25) is 4.79 Å². The summed E-state index contributed by atoms with van der Waals surface area (Å²) in [6.45, 7) is 7.71. The van der Waals surface area contributed by atoms with Crippen LogP contribution in [0.5, 0.6) is 11.5 Å². The highest BCUT2D eigenvalue weighted by molar-refractivity contribution is 6.70. The zero-order valence-electron chi connectivity index (χ0n) is 14.8. The zero-order chi connectivity index (χ0) is 18.7. The lowest BCUT2D eigenvalue weighted by Crippen LogP contribution is -2.44. The maximum atomic E-state index is 12.5. The lowest BCUT2D eigenvalue weighted by Gasteiger charge is -2.26. The Kier molecular flexibility index (Phi) is 6.32. The predicted molar refractivity (Wildman–Crippen MR) is 89.0 cm³/mol. The fraction of sp³-hybridized carbons (Fsp3) is 0.562. The topological polar surface area (TPSA) is 38.8 Å². The molecule has 8 heteroatoms. The molecule has 0 heterocycles. The van der Waals surface area contributed by atoms with Gasteiger partial charge >= 0.3 is 12.1 Å². The largest absolute Gasteiger partial charge is 0.544 e. The molecule has 4 nitrogen and oxygen atoms in total. The van der Waals surface area contributed by atoms with E-state index in [1.807, 2.05) is 19.6 Å². The fourth-order valence-electron chi connectivity index (χ4n) is 2.17. The minimum atomic E-state index is -4.87. The molecule has 0 saturated carbocycles. The SMILES string of the molecule is COc1cc(O[Si](C)(C)C)ccc1CC(C)N(C)C(=O)C(F)(F)F. The average molecular weight is 363 g/mol. The van der Waals surface area contributed by atoms with Crippen LogP contribution in [0.1, 0.15) is 12.5 Å². The lowest BCUT2D eigenvalue weighted by molar-refractivity contribution is -0.185. The number of hydrogen-bond acceptors (Lipinski definition) is 3. The van der Waals surface area contributed by atoms with E-state index in [1.54, 1.807) is 25.1 Å². The molecular weight excluding hydrogens is 339 g/mol. The molecule has 0 N–H and O–H groups in total. The Morgan fingerprint density at radius 3 is 2.33 bits per heavy atom. The summed E-state index contributed by atoms with van der Waals surface area (Å²) in [5.41, 5.74) is 0.717. The summed E-state index contributed by atoms with van der Waals surface area (Å²) in [4.78, 5) is 12.0. The minimum absolute atomic E-state index is 0.245. The first-order chi connectivity index (χ1) is 10.8. The van der Waals surface area contributed by atoms with Gasteiger partial charge in [0.2, 0.25) is 8.32 Å². The average Bonchev–Trinajstić information content (AvgIpc) is 2.44. The Bertz CT molecular complexity index is 585. The van der Waals surface area contributed by atoms with Crippen LogP contribution in [0.25, 0.3) is 0 Å². The monoisotopic (exact) mass is 363 g/mol. The first-order valence-corrected chi connectivity index (χ1v) is 11.0. The number of carbonyl (C=O) groups excluding carboxylic acids is 1. The lowest BCUT2D eigenvalue weighted by atomic mass is 10.0. The van der Waals surface area contributed by atoms with E-state index in [2.05, 4.69) is 0 Å². The number of halogens is 3. The van der Waals surface area contributed by atoms with Crippen molar-refractivity contribution in [1.29, 1.82) is 0 Å². The molecule has 0 spiro atoms. The Morgan fingerprint density at radius 1 is 1.29 bits per heavy atom. The van der Waals surface area contributed by atoms with Crippen molar-refractivity contribution in [2.45, 2.75) is 45.2 Å². The van der Waals surface area contributed by atoms with Crippen LogP contribution >= 0.6 is 0 Å². The second kappa shape index (κ2) is 7.46. The summed E-state index contributed by atoms with van der Waals surface area (Å²) in [7, 11) is 0.871. The van der Waals surface area contributed by atoms with E-state index in [-0.39, 0.29) is 6.42 Å². The Hall–Kier alpha value is -1.70. The van der Waals surface area contributed by atoms with E-state index < -0.39 is 26.4 Å². The number of rotatable bonds is 6. The number of hydrogen-bond donors (Lipinski definition) is 0. The Morgan fingerprint density at radius 2 is 1.88 bits per heavy atom. The van der Waals surface area contributed by atoms with Crippen molar-refractivity contribution in [3.8, 4) is 11.5 Å². The van der Waals surface area contributed by atoms with Crippen LogP contribution in [0.3, 0.4) is 0 Å². The van der Waals surface area contributed by atoms with Crippen LogP contribution in [0.4, 0.5) is 13.2 Å². The minimum Gasteiger partial charge on any atom is -0.544 e. The second-order valence-electron chi connectivity index (χ2n) is 6.66. The summed E-state index contributed by atoms with van der Waals surface area (Å²) >= 11 is 0. The van der Waals surface area contributed by atoms with Gasteiger partial charge in [0.05, 0.1) is 7.11 Å². The molecule has 0 aliphatic rings. The smallest absolute Gasteiger partial charge is 0.471 e. The molecule has 0 fully saturated rings. The zero-order valence-corrected chi connectivity index (χ0v) is 15.8. The van der Waals surface area contributed by atoms with Gasteiger partial charge in [-0.2, -0.15) is 13.2 Å². The van der Waals surface area contributed by atoms with Gasteiger partial charge in [-0.05, 0) is 44.6 Å². The first-order valence-electron chi connectivity index (χ1n) is 7.55. The van der Waals surface area contributed by atoms with Crippen molar-refractivity contribution in [1.82, 2.24) is 4.90 Å². The van der Waals surface area contributed by atoms with Gasteiger partial charge in [-0.15, -0.1) is 0 Å². The molecule has 0 aliphatic carbocycles. The van der Waals surface area contributed by atoms with Crippen molar-refractivity contribution in [2.24, 2.45) is 0 Å². The molecule has 1 aromatic carbocycles. The van der Waals surface area contributed by atoms with E-state index >= 15 is 0 Å². The van der Waals surface area contributed by atoms with Gasteiger partial charge in [0.1, 0.15) is 11.5 Å². The van der Waals surface area contributed by atoms with Gasteiger partial charge in [-0.1, -0.05) is 6.07 Å². The van der Waals surface area contributed by atoms with Crippen LogP contribution < -0.4 is 9.16 Å². The van der Waals surface area contributed by atoms with Crippen LogP contribution in [-0.2, 0) is 11.2 Å². The van der Waals surface area contributed by atoms with E-state index in [9.17, 15) is 18.0 Å². The van der Waals surface area contributed by atoms with Crippen molar-refractivity contribution in [2.75, 3.05) is 14.2 Å². The van der Waals surface area contributed by atoms with Crippen LogP contribution in [0.2, 0.25) is 19.6 Å². The fourth-order valence-corrected chi connectivity index (χ4v) is 3.00. The third kappa shape index (κ3) is 5.74. The maximum absolute atomic E-state index is 12.5. The van der Waals surface area contributed by atoms with Crippen LogP contribution in [0.15, 0.2) is 18.2 Å². The standard InChI is InChI=1S/C16H24F3NO3Si/c1-11(20(2)15(21)16(17,18)19)9-12-7-8-13(10-14(12)22-3)23-24(4,5)6/h7-8,10-11H,9H2,1-6H3. The quantitative estimate of drug-likeness (QED) is 0.721. The summed E-state index contributed by atoms with van der Waals surface area (Å²) in [6, 6.07) is 4.63. The van der Waals surface area contributed by atoms with E-state index in [1.165, 1.54) is 7.11 Å². The molecule has 0 bridgehead atoms. The molecule has 0 radical (unpaired) electrons. The number of alkyl halides is 3. The summed E-state index contributed by atoms with van der Waals surface area (Å²) in [5, 5.41) is 0. The van der Waals surface area contributed by atoms with E-state index in [4.69, 9.17) is 9.16 Å². The van der Waals surface area contributed by atoms with Gasteiger partial charge < -0.3 is 14.1 Å². The highest BCUT2D eigenvalue weighted by Crippen LogP contribution is 2.28. The maximum Gasteiger partial charge on any atom is 0.471 e. The number of nitrogens with zero attached hydrogens (tertiary/aromatic N) is 1. The van der Waals surface area contributed by atoms with Crippen LogP contribution in [0, 0.1) is 0 Å². The number of carbonyl (C=O) groups is 1. The highest BCUT2D eigenvalue weighted by Gasteiger charge is 2.42. The number of benzene rings is 1. The normalized spacial score (nSPS) is 13.4. The molecule has 1 atom stereocenters. The number of amides is 1. The third-order valence-corrected chi connectivity index (χ3v) is 4.27. The van der Waals surface area contributed by atoms with Crippen molar-refractivity contribution in [3.05, 3.63) is 23.8 Å². The van der Waals surface area contributed by atoms with Crippen LogP contribution in [-0.4, -0.2) is 45.5 Å². The Labute approximate surface area is 141 Å². The molecular formula is C16H24F3NO3Si. The van der Waals surface area contributed by atoms with Gasteiger partial charge in [0.15, 0.2) is 0 Å². The van der Waals surface area contributed by atoms with Gasteiger partial charge in [0.25, 0.3) is 0 Å². The van der Waals surface area contributed by atoms with Gasteiger partial charge in [0, 0.05) is 19.2 Å². The number of likely N-dealkylation sites (N-methyl/N-ethyl adjacent to an activating group) is 1. The predicted octanol–water partition coefficient (Wildman–Crippen LogP) is 3.86. The van der Waals surface area contributed by atoms with Crippen molar-refractivity contribution < 1.29 is 27.1 Å². The molecule has 0 saturated heterocycles. The van der Waals surface area contributed by atoms with Crippen molar-refractivity contribution in [3.63, 3.8) is 0 Å². The first kappa shape index (κ1) is 20.3. The Balaban J connectivity index is 2.93. The van der Waals surface area contributed by atoms with Gasteiger partial charge in [-0.25, -0.2) is 0 Å². The molecule has 0 aliphatic heterocycles. The summed E-state index contributed by atoms with van der Waals surface area (Å²) in [6.07, 6.45) is -4.63. The molecule has 1 rings (SSSR count). The third-order valence-electron chi connectivity index (χ3n) is 3.42. The number of methoxy groups -OCH3 is 1. The molecule has 1 amide bonds. The number of ether oxygens (including phenoxy) is 1. The molecule has 24 heavy (non-hydrogen) atoms. The van der Waals surface area contributed by atoms with Crippen molar-refractivity contribution >= 4 is 14.2 Å². The molecule has 136 valence electrons. The summed E-state index contributed by atoms with van der Waals surface area (Å²) in [5.74, 6) is -0.653. The van der Waals surface area contributed by atoms with E-state index in [0.29, 0.717) is 16.4 Å². The van der Waals surface area contributed by atoms with E-state index in [0.717, 1.165) is 12.6 Å². The summed E-state index contributed by atoms with van der Waals surface area (Å²) < 4.78 is 48.8.